The van der Waals surface area contributed by atoms with E-state index >= 15 is 0 Å². The van der Waals surface area contributed by atoms with Crippen molar-refractivity contribution < 1.29 is 8.42 Å². The zero-order valence-corrected chi connectivity index (χ0v) is 12.9. The number of sulfonamides is 1. The predicted molar refractivity (Wildman–Crippen MR) is 78.1 cm³/mol. The van der Waals surface area contributed by atoms with Gasteiger partial charge in [-0.3, -0.25) is 0 Å². The average Bonchev–Trinajstić information content (AvgIpc) is 2.29. The molecule has 5 nitrogen and oxygen atoms in total. The zero-order valence-electron chi connectivity index (χ0n) is 11.3. The van der Waals surface area contributed by atoms with Crippen LogP contribution in [-0.2, 0) is 10.0 Å². The van der Waals surface area contributed by atoms with Gasteiger partial charge in [-0.25, -0.2) is 12.7 Å². The van der Waals surface area contributed by atoms with Gasteiger partial charge in [0.15, 0.2) is 0 Å². The minimum absolute atomic E-state index is 0.0644. The minimum atomic E-state index is -3.42. The smallest absolute Gasteiger partial charge is 0.223 e. The molecule has 1 unspecified atom stereocenters. The van der Waals surface area contributed by atoms with E-state index in [9.17, 15) is 8.42 Å². The maximum absolute atomic E-state index is 12.4. The number of thiocarbonyl (C=S) groups is 1. The molecule has 0 amide bonds. The highest BCUT2D eigenvalue weighted by molar-refractivity contribution is 7.92. The van der Waals surface area contributed by atoms with Gasteiger partial charge >= 0.3 is 0 Å². The Kier molecular flexibility index (Phi) is 5.51. The van der Waals surface area contributed by atoms with Crippen LogP contribution in [0.3, 0.4) is 0 Å². The summed E-state index contributed by atoms with van der Waals surface area (Å²) < 4.78 is 26.3. The number of nitrogens with zero attached hydrogens (tertiary/aromatic N) is 2. The molecule has 18 heavy (non-hydrogen) atoms. The Morgan fingerprint density at radius 3 is 2.39 bits per heavy atom. The first-order valence-corrected chi connectivity index (χ1v) is 8.16. The van der Waals surface area contributed by atoms with Crippen molar-refractivity contribution in [3.05, 3.63) is 0 Å². The molecule has 7 heteroatoms. The number of piperidine rings is 1. The topological polar surface area (TPSA) is 66.6 Å². The molecule has 0 aromatic carbocycles. The van der Waals surface area contributed by atoms with Crippen LogP contribution in [0.4, 0.5) is 0 Å². The summed E-state index contributed by atoms with van der Waals surface area (Å²) in [4.78, 5) is 2.28. The van der Waals surface area contributed by atoms with Crippen LogP contribution < -0.4 is 5.73 Å². The number of hydrogen-bond acceptors (Lipinski definition) is 4. The molecular weight excluding hydrogens is 270 g/mol. The Labute approximate surface area is 115 Å². The van der Waals surface area contributed by atoms with Crippen LogP contribution in [0.5, 0.6) is 0 Å². The van der Waals surface area contributed by atoms with Crippen molar-refractivity contribution in [3.63, 3.8) is 0 Å². The quantitative estimate of drug-likeness (QED) is 0.744. The highest BCUT2D eigenvalue weighted by Crippen LogP contribution is 2.21. The lowest BCUT2D eigenvalue weighted by molar-refractivity contribution is 0.197. The summed E-state index contributed by atoms with van der Waals surface area (Å²) >= 11 is 4.87. The number of likely N-dealkylation sites (tertiary alicyclic amines) is 1. The largest absolute Gasteiger partial charge is 0.392 e. The van der Waals surface area contributed by atoms with Gasteiger partial charge in [-0.05, 0) is 39.4 Å². The van der Waals surface area contributed by atoms with Gasteiger partial charge in [0, 0.05) is 13.1 Å². The van der Waals surface area contributed by atoms with Gasteiger partial charge in [0.2, 0.25) is 10.0 Å². The zero-order chi connectivity index (χ0) is 13.9. The van der Waals surface area contributed by atoms with E-state index < -0.39 is 15.3 Å². The summed E-state index contributed by atoms with van der Waals surface area (Å²) in [6.07, 6.45) is 2.15. The first-order chi connectivity index (χ1) is 8.30. The molecule has 0 bridgehead atoms. The van der Waals surface area contributed by atoms with E-state index in [1.807, 2.05) is 0 Å². The molecule has 0 radical (unpaired) electrons. The third kappa shape index (κ3) is 3.40. The van der Waals surface area contributed by atoms with Crippen molar-refractivity contribution in [2.24, 2.45) is 5.73 Å². The Hall–Kier alpha value is -0.240. The number of nitrogens with two attached hydrogens (primary N) is 1. The third-order valence-electron chi connectivity index (χ3n) is 3.65. The van der Waals surface area contributed by atoms with E-state index in [0.29, 0.717) is 6.42 Å². The van der Waals surface area contributed by atoms with Crippen molar-refractivity contribution in [2.75, 3.05) is 27.2 Å². The van der Waals surface area contributed by atoms with Crippen LogP contribution in [0.1, 0.15) is 26.2 Å². The molecule has 0 saturated carbocycles. The summed E-state index contributed by atoms with van der Waals surface area (Å²) in [5, 5.41) is -0.739. The number of hydrogen-bond donors (Lipinski definition) is 1. The second-order valence-electron chi connectivity index (χ2n) is 4.89. The standard InChI is InChI=1S/C11H23N3O2S2/c1-4-10(11(12)17)18(15,16)14(3)9-5-7-13(2)8-6-9/h9-10H,4-8H2,1-3H3,(H2,12,17). The van der Waals surface area contributed by atoms with E-state index in [1.165, 1.54) is 4.31 Å². The van der Waals surface area contributed by atoms with Crippen LogP contribution in [-0.4, -0.2) is 61.1 Å². The van der Waals surface area contributed by atoms with Gasteiger partial charge in [-0.15, -0.1) is 0 Å². The molecular formula is C11H23N3O2S2. The van der Waals surface area contributed by atoms with E-state index in [-0.39, 0.29) is 11.0 Å². The van der Waals surface area contributed by atoms with Crippen LogP contribution >= 0.6 is 12.2 Å². The van der Waals surface area contributed by atoms with E-state index in [2.05, 4.69) is 11.9 Å². The highest BCUT2D eigenvalue weighted by atomic mass is 32.2. The van der Waals surface area contributed by atoms with Gasteiger partial charge in [0.25, 0.3) is 0 Å². The lowest BCUT2D eigenvalue weighted by atomic mass is 10.1. The molecule has 1 rings (SSSR count). The van der Waals surface area contributed by atoms with Gasteiger partial charge in [-0.2, -0.15) is 0 Å². The summed E-state index contributed by atoms with van der Waals surface area (Å²) in [6, 6.07) is 0.0644. The molecule has 1 saturated heterocycles. The van der Waals surface area contributed by atoms with Crippen LogP contribution in [0.2, 0.25) is 0 Å². The Morgan fingerprint density at radius 2 is 2.00 bits per heavy atom. The molecule has 0 aromatic rings. The molecule has 0 aromatic heterocycles. The summed E-state index contributed by atoms with van der Waals surface area (Å²) in [7, 11) is 0.276. The fourth-order valence-electron chi connectivity index (χ4n) is 2.33. The van der Waals surface area contributed by atoms with Crippen molar-refractivity contribution in [3.8, 4) is 0 Å². The Balaban J connectivity index is 2.81. The van der Waals surface area contributed by atoms with Crippen LogP contribution in [0.25, 0.3) is 0 Å². The molecule has 106 valence electrons. The molecule has 2 N–H and O–H groups in total. The first-order valence-electron chi connectivity index (χ1n) is 6.25. The monoisotopic (exact) mass is 293 g/mol. The van der Waals surface area contributed by atoms with Gasteiger partial charge < -0.3 is 10.6 Å². The SMILES string of the molecule is CCC(C(N)=S)S(=O)(=O)N(C)C1CCN(C)CC1. The van der Waals surface area contributed by atoms with Crippen molar-refractivity contribution in [1.82, 2.24) is 9.21 Å². The summed E-state index contributed by atoms with van der Waals surface area (Å²) in [5.41, 5.74) is 5.54. The lowest BCUT2D eigenvalue weighted by Crippen LogP contribution is -2.49. The number of rotatable bonds is 5. The summed E-state index contributed by atoms with van der Waals surface area (Å²) in [6.45, 7) is 3.65. The fourth-order valence-corrected chi connectivity index (χ4v) is 4.60. The molecule has 0 spiro atoms. The lowest BCUT2D eigenvalue weighted by Gasteiger charge is -2.35. The third-order valence-corrected chi connectivity index (χ3v) is 6.49. The highest BCUT2D eigenvalue weighted by Gasteiger charge is 2.35. The molecule has 1 heterocycles. The van der Waals surface area contributed by atoms with Crippen LogP contribution in [0.15, 0.2) is 0 Å². The molecule has 1 aliphatic heterocycles. The second-order valence-corrected chi connectivity index (χ2v) is 7.54. The Bertz CT molecular complexity index is 389. The van der Waals surface area contributed by atoms with Crippen molar-refractivity contribution in [1.29, 1.82) is 0 Å². The second kappa shape index (κ2) is 6.27. The molecule has 1 atom stereocenters. The normalized spacial score (nSPS) is 21.1. The Morgan fingerprint density at radius 1 is 1.50 bits per heavy atom. The molecule has 0 aliphatic carbocycles. The average molecular weight is 293 g/mol. The van der Waals surface area contributed by atoms with Gasteiger partial charge in [0.1, 0.15) is 5.25 Å². The minimum Gasteiger partial charge on any atom is -0.392 e. The van der Waals surface area contributed by atoms with Gasteiger partial charge in [-0.1, -0.05) is 19.1 Å². The molecule has 1 fully saturated rings. The van der Waals surface area contributed by atoms with Crippen molar-refractivity contribution in [2.45, 2.75) is 37.5 Å². The fraction of sp³-hybridized carbons (Fsp3) is 0.909. The first kappa shape index (κ1) is 15.8. The van der Waals surface area contributed by atoms with E-state index in [4.69, 9.17) is 18.0 Å². The van der Waals surface area contributed by atoms with E-state index in [1.54, 1.807) is 14.0 Å². The maximum Gasteiger partial charge on any atom is 0.223 e. The van der Waals surface area contributed by atoms with E-state index in [0.717, 1.165) is 25.9 Å². The van der Waals surface area contributed by atoms with Gasteiger partial charge in [0.05, 0.1) is 4.99 Å². The van der Waals surface area contributed by atoms with Crippen LogP contribution in [0, 0.1) is 0 Å². The maximum atomic E-state index is 12.4. The predicted octanol–water partition coefficient (Wildman–Crippen LogP) is 0.407. The van der Waals surface area contributed by atoms with Crippen molar-refractivity contribution >= 4 is 27.2 Å². The molecule has 1 aliphatic rings. The summed E-state index contributed by atoms with van der Waals surface area (Å²) in [5.74, 6) is 0.